The number of thiol groups is 2. The quantitative estimate of drug-likeness (QED) is 0.0337. The third-order valence-corrected chi connectivity index (χ3v) is 178. The molecule has 0 unspecified atom stereocenters. The summed E-state index contributed by atoms with van der Waals surface area (Å²) in [4.78, 5) is 0. The van der Waals surface area contributed by atoms with E-state index < -0.39 is 0 Å². The van der Waals surface area contributed by atoms with Gasteiger partial charge in [0.2, 0.25) is 0 Å². The van der Waals surface area contributed by atoms with Crippen molar-refractivity contribution in [3.8, 4) is 0 Å². The maximum Gasteiger partial charge on any atom is 0 e. The van der Waals surface area contributed by atoms with Crippen LogP contribution in [0.3, 0.4) is 0 Å². The standard InChI is InChI=1S/H2S82/c1-3-5-7-9-11-13-15-17-19-21-23-25-27-29-31-33-35-37-39-41-43-45-47-49-51-53-55-57-59-61-63-65-67-69-71-73-75-77-79-81-82-80-78-76-74-72-70-68-66-64-62-60-58-56-54-52-50-48-46-44-42-40-38-36-34-32-30-28-26-24-22-20-18-16-14-12-10-8-6-4-2/h1-2H. The molecule has 0 radical (unpaired) electrons. The molecular weight excluding hydrogens is 2630 g/mol. The van der Waals surface area contributed by atoms with Crippen LogP contribution in [0.15, 0.2) is 0 Å². The Bertz CT molecular complexity index is 932. The topological polar surface area (TPSA) is 0 Å². The summed E-state index contributed by atoms with van der Waals surface area (Å²) < 4.78 is 0. The van der Waals surface area contributed by atoms with E-state index in [0.29, 0.717) is 0 Å². The smallest absolute Gasteiger partial charge is 0 e. The third-order valence-electron chi connectivity index (χ3n) is 2.20. The van der Waals surface area contributed by atoms with Crippen molar-refractivity contribution < 1.29 is 0 Å². The average Bonchev–Trinajstić information content (AvgIpc) is 3.48. The Balaban J connectivity index is 3.08. The molecule has 0 nitrogen and oxygen atoms in total. The lowest BCUT2D eigenvalue weighted by molar-refractivity contribution is 5.59. The zero-order valence-electron chi connectivity index (χ0n) is 33.6. The van der Waals surface area contributed by atoms with Gasteiger partial charge in [0.05, 0.1) is 0 Å². The molecule has 0 aliphatic heterocycles. The van der Waals surface area contributed by atoms with Gasteiger partial charge >= 0.3 is 0 Å². The molecule has 82 heteroatoms. The summed E-state index contributed by atoms with van der Waals surface area (Å²) in [6.45, 7) is 0. The van der Waals surface area contributed by atoms with Crippen molar-refractivity contribution in [2.75, 3.05) is 0 Å². The summed E-state index contributed by atoms with van der Waals surface area (Å²) in [7, 11) is 145. The molecule has 0 aromatic carbocycles. The predicted octanol–water partition coefficient (Wildman–Crippen LogP) is 52.6. The molecule has 0 atom stereocenters. The van der Waals surface area contributed by atoms with Crippen LogP contribution < -0.4 is 0 Å². The highest BCUT2D eigenvalue weighted by Gasteiger charge is 2.07. The van der Waals surface area contributed by atoms with Gasteiger partial charge in [0.15, 0.2) is 0 Å². The Labute approximate surface area is 786 Å². The van der Waals surface area contributed by atoms with Crippen molar-refractivity contribution in [1.29, 1.82) is 0 Å². The van der Waals surface area contributed by atoms with Gasteiger partial charge in [0, 0.05) is 629 Å². The maximum absolute atomic E-state index is 4.10. The molecule has 0 saturated heterocycles. The predicted molar refractivity (Wildman–Crippen MR) is 625 cm³/mol. The zero-order valence-corrected chi connectivity index (χ0v) is 101. The fourth-order valence-electron chi connectivity index (χ4n) is 0.887. The number of hydrogen-bond acceptors (Lipinski definition) is 82. The SMILES string of the molecule is SSSSSSSSSSSSSSSSSSSSSSSSSSSSSSSSSSSSSSSSSSSSSSSSSSSSSSSSSSSSSSSSSSSSSSSSSSSSSSSSSS. The average molecular weight is 2630 g/mol. The third kappa shape index (κ3) is 109. The molecule has 0 heterocycles. The molecule has 0 amide bonds. The van der Waals surface area contributed by atoms with Crippen LogP contribution in [0.4, 0.5) is 0 Å². The van der Waals surface area contributed by atoms with Gasteiger partial charge in [0.1, 0.15) is 0 Å². The molecule has 494 valence electrons. The molecule has 0 saturated carbocycles. The van der Waals surface area contributed by atoms with Gasteiger partial charge in [-0.15, -0.1) is 0 Å². The number of rotatable bonds is 79. The van der Waals surface area contributed by atoms with E-state index >= 15 is 0 Å². The minimum atomic E-state index is 1.49. The fourth-order valence-corrected chi connectivity index (χ4v) is 215. The molecule has 0 aliphatic carbocycles. The van der Waals surface area contributed by atoms with Gasteiger partial charge in [-0.2, -0.15) is 0 Å². The van der Waals surface area contributed by atoms with Gasteiger partial charge in [-0.3, -0.25) is 0 Å². The largest absolute Gasteiger partial charge is 0.0988 e. The highest BCUT2D eigenvalue weighted by atomic mass is 34.1. The van der Waals surface area contributed by atoms with Crippen molar-refractivity contribution >= 4 is 809 Å². The second kappa shape index (κ2) is 110. The fraction of sp³-hybridized carbons (Fsp3) is 0. The minimum Gasteiger partial charge on any atom is -0.0988 e. The van der Waals surface area contributed by atoms with Crippen molar-refractivity contribution in [3.63, 3.8) is 0 Å². The molecule has 0 aromatic heterocycles. The second-order valence-corrected chi connectivity index (χ2v) is 147. The molecular formula is H2S82. The molecule has 0 rings (SSSR count). The van der Waals surface area contributed by atoms with E-state index in [2.05, 4.69) is 23.3 Å². The van der Waals surface area contributed by atoms with Crippen LogP contribution in [0.1, 0.15) is 0 Å². The van der Waals surface area contributed by atoms with Crippen LogP contribution in [0.25, 0.3) is 0 Å². The summed E-state index contributed by atoms with van der Waals surface area (Å²) in [5.74, 6) is 0. The lowest BCUT2D eigenvalue weighted by atomic mass is 30.1. The summed E-state index contributed by atoms with van der Waals surface area (Å²) in [5.41, 5.74) is 0. The molecule has 0 bridgehead atoms. The normalized spacial score (nSPS) is 11.8. The lowest BCUT2D eigenvalue weighted by Crippen LogP contribution is -1.35. The Morgan fingerprint density at radius 1 is 0.0610 bits per heavy atom. The van der Waals surface area contributed by atoms with Crippen LogP contribution >= 0.6 is 809 Å². The summed E-state index contributed by atoms with van der Waals surface area (Å²) in [6, 6.07) is 0. The highest BCUT2D eigenvalue weighted by molar-refractivity contribution is 9.66. The molecule has 0 fully saturated rings. The first-order chi connectivity index (χ1) is 40.9. The van der Waals surface area contributed by atoms with Crippen LogP contribution in [0, 0.1) is 0 Å². The van der Waals surface area contributed by atoms with E-state index in [0.717, 1.165) is 0 Å². The summed E-state index contributed by atoms with van der Waals surface area (Å²) in [5, 5.41) is 0. The van der Waals surface area contributed by atoms with E-state index in [9.17, 15) is 0 Å². The first kappa shape index (κ1) is 111. The lowest BCUT2D eigenvalue weighted by Gasteiger charge is -2.00. The first-order valence-electron chi connectivity index (χ1n) is 13.5. The van der Waals surface area contributed by atoms with Crippen molar-refractivity contribution in [3.05, 3.63) is 0 Å². The van der Waals surface area contributed by atoms with E-state index in [1.165, 1.54) is 19.7 Å². The maximum atomic E-state index is 4.10. The van der Waals surface area contributed by atoms with Crippen molar-refractivity contribution in [2.24, 2.45) is 0 Å². The Hall–Kier alpha value is 28.7. The summed E-state index contributed by atoms with van der Waals surface area (Å²) in [6.07, 6.45) is 0. The summed E-state index contributed by atoms with van der Waals surface area (Å²) >= 11 is 8.20. The van der Waals surface area contributed by atoms with Gasteiger partial charge in [-0.25, -0.2) is 0 Å². The van der Waals surface area contributed by atoms with Gasteiger partial charge in [-0.05, 0) is 157 Å². The highest BCUT2D eigenvalue weighted by Crippen LogP contribution is 2.72. The van der Waals surface area contributed by atoms with E-state index in [-0.39, 0.29) is 0 Å². The van der Waals surface area contributed by atoms with Gasteiger partial charge in [0.25, 0.3) is 0 Å². The van der Waals surface area contributed by atoms with E-state index in [1.54, 1.807) is 98.3 Å². The Morgan fingerprint density at radius 2 is 0.0976 bits per heavy atom. The van der Waals surface area contributed by atoms with Gasteiger partial charge < -0.3 is 0 Å². The van der Waals surface area contributed by atoms with E-state index in [1.807, 2.05) is 668 Å². The van der Waals surface area contributed by atoms with Gasteiger partial charge in [-0.1, -0.05) is 23.3 Å². The molecule has 0 spiro atoms. The number of hydrogen-bond donors (Lipinski definition) is 2. The zero-order chi connectivity index (χ0) is 58.6. The van der Waals surface area contributed by atoms with E-state index in [4.69, 9.17) is 0 Å². The van der Waals surface area contributed by atoms with Crippen molar-refractivity contribution in [1.82, 2.24) is 0 Å². The minimum absolute atomic E-state index is 1.49. The van der Waals surface area contributed by atoms with Crippen molar-refractivity contribution in [2.45, 2.75) is 0 Å². The monoisotopic (exact) mass is 2620 g/mol. The molecule has 0 aromatic rings. The van der Waals surface area contributed by atoms with Crippen LogP contribution in [0.5, 0.6) is 0 Å². The second-order valence-electron chi connectivity index (χ2n) is 5.46. The molecule has 0 aliphatic rings. The van der Waals surface area contributed by atoms with Crippen LogP contribution in [-0.2, 0) is 0 Å². The molecule has 0 N–H and O–H groups in total. The first-order valence-corrected chi connectivity index (χ1v) is 122. The van der Waals surface area contributed by atoms with Crippen LogP contribution in [-0.4, -0.2) is 0 Å². The van der Waals surface area contributed by atoms with Crippen LogP contribution in [0.2, 0.25) is 0 Å². The molecule has 82 heavy (non-hydrogen) atoms. The Morgan fingerprint density at radius 3 is 0.134 bits per heavy atom. The Kier molecular flexibility index (Phi) is 148.